The van der Waals surface area contributed by atoms with E-state index in [4.69, 9.17) is 17.3 Å². The molecule has 0 fully saturated rings. The maximum atomic E-state index is 10.7. The fourth-order valence-corrected chi connectivity index (χ4v) is 2.47. The maximum Gasteiger partial charge on any atom is 0.330 e. The maximum absolute atomic E-state index is 10.7. The van der Waals surface area contributed by atoms with E-state index in [9.17, 15) is 10.1 Å². The summed E-state index contributed by atoms with van der Waals surface area (Å²) in [5, 5.41) is 16.5. The van der Waals surface area contributed by atoms with E-state index >= 15 is 0 Å². The van der Waals surface area contributed by atoms with Gasteiger partial charge in [-0.3, -0.25) is 10.1 Å². The lowest BCUT2D eigenvalue weighted by Gasteiger charge is -2.11. The molecule has 0 aliphatic rings. The molecule has 0 saturated heterocycles. The molecule has 0 saturated carbocycles. The Hall–Kier alpha value is -1.60. The molecule has 0 amide bonds. The van der Waals surface area contributed by atoms with Crippen LogP contribution in [0, 0.1) is 10.1 Å². The van der Waals surface area contributed by atoms with Gasteiger partial charge in [-0.1, -0.05) is 11.6 Å². The van der Waals surface area contributed by atoms with Gasteiger partial charge in [0.05, 0.1) is 15.3 Å². The van der Waals surface area contributed by atoms with Crippen LogP contribution in [0.15, 0.2) is 17.6 Å². The van der Waals surface area contributed by atoms with Crippen LogP contribution in [0.1, 0.15) is 18.5 Å². The van der Waals surface area contributed by atoms with Gasteiger partial charge in [0.1, 0.15) is 6.20 Å². The number of nitrogens with two attached hydrogens (primary N) is 1. The van der Waals surface area contributed by atoms with E-state index in [-0.39, 0.29) is 17.5 Å². The minimum Gasteiger partial charge on any atom is -0.378 e. The molecule has 0 aliphatic carbocycles. The van der Waals surface area contributed by atoms with Crippen molar-refractivity contribution in [2.24, 2.45) is 0 Å². The molecule has 1 atom stereocenters. The van der Waals surface area contributed by atoms with E-state index in [1.165, 1.54) is 16.0 Å². The highest BCUT2D eigenvalue weighted by atomic mass is 35.5. The Morgan fingerprint density at radius 2 is 2.41 bits per heavy atom. The predicted octanol–water partition coefficient (Wildman–Crippen LogP) is 2.70. The van der Waals surface area contributed by atoms with Crippen molar-refractivity contribution >= 4 is 34.4 Å². The Balaban J connectivity index is 2.38. The summed E-state index contributed by atoms with van der Waals surface area (Å²) in [5.74, 6) is 0.0461. The Kier molecular flexibility index (Phi) is 3.03. The number of thiophene rings is 1. The molecule has 0 bridgehead atoms. The molecule has 2 heterocycles. The fourth-order valence-electron chi connectivity index (χ4n) is 1.50. The van der Waals surface area contributed by atoms with E-state index in [1.807, 2.05) is 12.3 Å². The van der Waals surface area contributed by atoms with Crippen LogP contribution >= 0.6 is 22.9 Å². The summed E-state index contributed by atoms with van der Waals surface area (Å²) >= 11 is 7.23. The molecule has 0 aliphatic heterocycles. The number of nitrogens with zero attached hydrogens (tertiary/aromatic N) is 3. The Morgan fingerprint density at radius 3 is 2.88 bits per heavy atom. The summed E-state index contributed by atoms with van der Waals surface area (Å²) in [7, 11) is 0. The topological polar surface area (TPSA) is 87.0 Å². The average molecular weight is 273 g/mol. The number of nitrogen functional groups attached to an aromatic ring is 1. The Morgan fingerprint density at radius 1 is 1.71 bits per heavy atom. The molecule has 17 heavy (non-hydrogen) atoms. The van der Waals surface area contributed by atoms with Crippen molar-refractivity contribution in [2.45, 2.75) is 13.0 Å². The molecule has 6 nitrogen and oxygen atoms in total. The summed E-state index contributed by atoms with van der Waals surface area (Å²) in [6.07, 6.45) is 1.15. The van der Waals surface area contributed by atoms with Crippen molar-refractivity contribution in [2.75, 3.05) is 5.73 Å². The Bertz CT molecular complexity index is 565. The van der Waals surface area contributed by atoms with Crippen molar-refractivity contribution in [3.63, 3.8) is 0 Å². The molecular formula is C9H9ClN4O2S. The number of hydrogen-bond acceptors (Lipinski definition) is 5. The molecule has 2 aromatic rings. The first kappa shape index (κ1) is 11.9. The predicted molar refractivity (Wildman–Crippen MR) is 66.4 cm³/mol. The minimum atomic E-state index is -0.549. The van der Waals surface area contributed by atoms with Crippen LogP contribution in [-0.2, 0) is 0 Å². The first-order chi connectivity index (χ1) is 8.00. The van der Waals surface area contributed by atoms with Crippen LogP contribution in [-0.4, -0.2) is 14.7 Å². The van der Waals surface area contributed by atoms with Gasteiger partial charge < -0.3 is 5.73 Å². The zero-order chi connectivity index (χ0) is 12.6. The smallest absolute Gasteiger partial charge is 0.330 e. The van der Waals surface area contributed by atoms with Gasteiger partial charge in [-0.15, -0.1) is 11.3 Å². The quantitative estimate of drug-likeness (QED) is 0.687. The van der Waals surface area contributed by atoms with Crippen molar-refractivity contribution < 1.29 is 4.92 Å². The molecule has 8 heteroatoms. The third-order valence-corrected chi connectivity index (χ3v) is 3.56. The van der Waals surface area contributed by atoms with Gasteiger partial charge in [-0.05, 0) is 23.9 Å². The summed E-state index contributed by atoms with van der Waals surface area (Å²) in [6.45, 7) is 1.85. The van der Waals surface area contributed by atoms with Crippen LogP contribution in [0.2, 0.25) is 4.34 Å². The third kappa shape index (κ3) is 2.11. The first-order valence-corrected chi connectivity index (χ1v) is 5.97. The van der Waals surface area contributed by atoms with Crippen molar-refractivity contribution in [1.82, 2.24) is 9.78 Å². The van der Waals surface area contributed by atoms with Gasteiger partial charge in [0.2, 0.25) is 5.82 Å². The fraction of sp³-hybridized carbons (Fsp3) is 0.222. The third-order valence-electron chi connectivity index (χ3n) is 2.45. The second-order valence-corrected chi connectivity index (χ2v) is 5.02. The van der Waals surface area contributed by atoms with Crippen LogP contribution in [0.5, 0.6) is 0 Å². The van der Waals surface area contributed by atoms with E-state index in [0.717, 1.165) is 11.8 Å². The van der Waals surface area contributed by atoms with Gasteiger partial charge >= 0.3 is 5.69 Å². The van der Waals surface area contributed by atoms with E-state index in [0.29, 0.717) is 4.34 Å². The van der Waals surface area contributed by atoms with Crippen molar-refractivity contribution in [3.8, 4) is 0 Å². The highest BCUT2D eigenvalue weighted by molar-refractivity contribution is 7.14. The van der Waals surface area contributed by atoms with Crippen molar-refractivity contribution in [3.05, 3.63) is 37.7 Å². The average Bonchev–Trinajstić information content (AvgIpc) is 2.83. The van der Waals surface area contributed by atoms with Crippen LogP contribution in [0.3, 0.4) is 0 Å². The van der Waals surface area contributed by atoms with Crippen LogP contribution in [0.25, 0.3) is 0 Å². The van der Waals surface area contributed by atoms with Crippen LogP contribution in [0.4, 0.5) is 11.5 Å². The number of hydrogen-bond donors (Lipinski definition) is 1. The number of anilines is 1. The van der Waals surface area contributed by atoms with Gasteiger partial charge in [0.15, 0.2) is 0 Å². The largest absolute Gasteiger partial charge is 0.378 e. The Labute approximate surface area is 106 Å². The highest BCUT2D eigenvalue weighted by Gasteiger charge is 2.21. The van der Waals surface area contributed by atoms with Gasteiger partial charge in [0.25, 0.3) is 0 Å². The lowest BCUT2D eigenvalue weighted by Crippen LogP contribution is -2.11. The van der Waals surface area contributed by atoms with Gasteiger partial charge in [0, 0.05) is 0 Å². The summed E-state index contributed by atoms with van der Waals surface area (Å²) in [5.41, 5.74) is 6.42. The number of halogens is 1. The standard InChI is InChI=1S/C9H9ClN4O2S/c1-5(6-2-8(10)17-4-6)13-9(11)7(3-12-13)14(15)16/h2-5H,11H2,1H3. The molecule has 1 unspecified atom stereocenters. The zero-order valence-corrected chi connectivity index (χ0v) is 10.4. The minimum absolute atomic E-state index is 0.0461. The zero-order valence-electron chi connectivity index (χ0n) is 8.83. The summed E-state index contributed by atoms with van der Waals surface area (Å²) in [4.78, 5) is 10.1. The summed E-state index contributed by atoms with van der Waals surface area (Å²) in [6, 6.07) is 1.61. The van der Waals surface area contributed by atoms with Crippen molar-refractivity contribution in [1.29, 1.82) is 0 Å². The molecule has 0 aromatic carbocycles. The molecule has 0 radical (unpaired) electrons. The summed E-state index contributed by atoms with van der Waals surface area (Å²) < 4.78 is 2.07. The van der Waals surface area contributed by atoms with Gasteiger partial charge in [-0.25, -0.2) is 4.68 Å². The lowest BCUT2D eigenvalue weighted by molar-refractivity contribution is -0.384. The molecule has 90 valence electrons. The normalized spacial score (nSPS) is 12.6. The van der Waals surface area contributed by atoms with Gasteiger partial charge in [-0.2, -0.15) is 5.10 Å². The monoisotopic (exact) mass is 272 g/mol. The highest BCUT2D eigenvalue weighted by Crippen LogP contribution is 2.30. The molecule has 2 aromatic heterocycles. The number of rotatable bonds is 3. The van der Waals surface area contributed by atoms with E-state index in [1.54, 1.807) is 6.07 Å². The molecular weight excluding hydrogens is 264 g/mol. The van der Waals surface area contributed by atoms with Crippen LogP contribution < -0.4 is 5.73 Å². The second kappa shape index (κ2) is 4.34. The molecule has 0 spiro atoms. The lowest BCUT2D eigenvalue weighted by atomic mass is 10.2. The van der Waals surface area contributed by atoms with E-state index in [2.05, 4.69) is 5.10 Å². The SMILES string of the molecule is CC(c1csc(Cl)c1)n1ncc([N+](=O)[O-])c1N. The molecule has 2 rings (SSSR count). The number of nitro groups is 1. The second-order valence-electron chi connectivity index (χ2n) is 3.48. The first-order valence-electron chi connectivity index (χ1n) is 4.72. The van der Waals surface area contributed by atoms with E-state index < -0.39 is 4.92 Å². The molecule has 2 N–H and O–H groups in total. The number of aromatic nitrogens is 2.